The van der Waals surface area contributed by atoms with Crippen LogP contribution in [0.4, 0.5) is 0 Å². The number of hydrogen-bond donors (Lipinski definition) is 2. The van der Waals surface area contributed by atoms with E-state index in [9.17, 15) is 9.59 Å². The molecule has 2 amide bonds. The monoisotopic (exact) mass is 213 g/mol. The first-order valence-corrected chi connectivity index (χ1v) is 5.44. The van der Waals surface area contributed by atoms with Gasteiger partial charge >= 0.3 is 0 Å². The summed E-state index contributed by atoms with van der Waals surface area (Å²) in [7, 11) is 0. The molecule has 1 rings (SSSR count). The summed E-state index contributed by atoms with van der Waals surface area (Å²) < 4.78 is 0. The molecular weight excluding hydrogens is 194 g/mol. The second kappa shape index (κ2) is 5.70. The number of carbonyl (C=O) groups is 2. The molecule has 0 bridgehead atoms. The Morgan fingerprint density at radius 3 is 2.93 bits per heavy atom. The van der Waals surface area contributed by atoms with Gasteiger partial charge in [-0.3, -0.25) is 9.59 Å². The van der Waals surface area contributed by atoms with Gasteiger partial charge in [-0.1, -0.05) is 0 Å². The highest BCUT2D eigenvalue weighted by Gasteiger charge is 2.32. The third-order valence-electron chi connectivity index (χ3n) is 2.65. The highest BCUT2D eigenvalue weighted by molar-refractivity contribution is 5.89. The molecule has 86 valence electrons. The van der Waals surface area contributed by atoms with Crippen molar-refractivity contribution in [3.8, 4) is 0 Å². The van der Waals surface area contributed by atoms with Gasteiger partial charge < -0.3 is 16.0 Å². The van der Waals surface area contributed by atoms with E-state index in [2.05, 4.69) is 5.32 Å². The highest BCUT2D eigenvalue weighted by atomic mass is 16.2. The first kappa shape index (κ1) is 12.0. The van der Waals surface area contributed by atoms with E-state index in [0.717, 1.165) is 6.42 Å². The first-order chi connectivity index (χ1) is 7.19. The molecule has 5 heteroatoms. The van der Waals surface area contributed by atoms with E-state index < -0.39 is 0 Å². The summed E-state index contributed by atoms with van der Waals surface area (Å²) in [5, 5.41) is 2.79. The van der Waals surface area contributed by atoms with E-state index in [1.165, 1.54) is 0 Å². The van der Waals surface area contributed by atoms with Crippen molar-refractivity contribution in [1.29, 1.82) is 0 Å². The van der Waals surface area contributed by atoms with E-state index >= 15 is 0 Å². The van der Waals surface area contributed by atoms with Crippen molar-refractivity contribution in [1.82, 2.24) is 10.2 Å². The van der Waals surface area contributed by atoms with E-state index in [-0.39, 0.29) is 17.7 Å². The van der Waals surface area contributed by atoms with Gasteiger partial charge in [0.25, 0.3) is 0 Å². The zero-order valence-electron chi connectivity index (χ0n) is 9.16. The molecule has 1 aliphatic heterocycles. The van der Waals surface area contributed by atoms with Gasteiger partial charge in [0.1, 0.15) is 0 Å². The minimum atomic E-state index is -0.171. The topological polar surface area (TPSA) is 75.4 Å². The molecule has 1 heterocycles. The van der Waals surface area contributed by atoms with Crippen LogP contribution in [0.3, 0.4) is 0 Å². The van der Waals surface area contributed by atoms with Crippen LogP contribution in [0.1, 0.15) is 19.8 Å². The van der Waals surface area contributed by atoms with Crippen LogP contribution >= 0.6 is 0 Å². The minimum absolute atomic E-state index is 0.0206. The molecule has 1 aliphatic rings. The molecule has 0 aromatic heterocycles. The van der Waals surface area contributed by atoms with Crippen LogP contribution in [-0.2, 0) is 9.59 Å². The molecule has 15 heavy (non-hydrogen) atoms. The smallest absolute Gasteiger partial charge is 0.225 e. The summed E-state index contributed by atoms with van der Waals surface area (Å²) >= 11 is 0. The van der Waals surface area contributed by atoms with Gasteiger partial charge in [-0.2, -0.15) is 0 Å². The minimum Gasteiger partial charge on any atom is -0.356 e. The number of carbonyl (C=O) groups excluding carboxylic acids is 2. The SMILES string of the molecule is CCN1CC(C(=O)NCCCN)CC1=O. The second-order valence-electron chi connectivity index (χ2n) is 3.77. The van der Waals surface area contributed by atoms with Crippen LogP contribution in [-0.4, -0.2) is 42.9 Å². The number of nitrogens with one attached hydrogen (secondary N) is 1. The molecule has 1 unspecified atom stereocenters. The second-order valence-corrected chi connectivity index (χ2v) is 3.77. The fraction of sp³-hybridized carbons (Fsp3) is 0.800. The fourth-order valence-electron chi connectivity index (χ4n) is 1.71. The Labute approximate surface area is 90.0 Å². The molecule has 3 N–H and O–H groups in total. The maximum absolute atomic E-state index is 11.6. The quantitative estimate of drug-likeness (QED) is 0.594. The Bertz CT molecular complexity index is 243. The van der Waals surface area contributed by atoms with E-state index in [0.29, 0.717) is 32.6 Å². The molecule has 1 atom stereocenters. The first-order valence-electron chi connectivity index (χ1n) is 5.44. The molecule has 0 saturated carbocycles. The predicted molar refractivity (Wildman–Crippen MR) is 57.0 cm³/mol. The van der Waals surface area contributed by atoms with Crippen molar-refractivity contribution >= 4 is 11.8 Å². The molecule has 0 aliphatic carbocycles. The molecule has 0 radical (unpaired) electrons. The Morgan fingerprint density at radius 1 is 1.67 bits per heavy atom. The molecule has 0 spiro atoms. The van der Waals surface area contributed by atoms with Crippen molar-refractivity contribution in [2.75, 3.05) is 26.2 Å². The Balaban J connectivity index is 2.32. The Morgan fingerprint density at radius 2 is 2.40 bits per heavy atom. The van der Waals surface area contributed by atoms with Crippen LogP contribution in [0.15, 0.2) is 0 Å². The van der Waals surface area contributed by atoms with Crippen molar-refractivity contribution in [2.24, 2.45) is 11.7 Å². The summed E-state index contributed by atoms with van der Waals surface area (Å²) in [6.07, 6.45) is 1.13. The lowest BCUT2D eigenvalue weighted by Crippen LogP contribution is -2.34. The molecular formula is C10H19N3O2. The van der Waals surface area contributed by atoms with Gasteiger partial charge in [-0.25, -0.2) is 0 Å². The molecule has 0 aromatic carbocycles. The Hall–Kier alpha value is -1.10. The predicted octanol–water partition coefficient (Wildman–Crippen LogP) is -0.680. The molecule has 1 fully saturated rings. The zero-order valence-corrected chi connectivity index (χ0v) is 9.16. The summed E-state index contributed by atoms with van der Waals surface area (Å²) in [5.41, 5.74) is 5.32. The van der Waals surface area contributed by atoms with Crippen LogP contribution in [0.25, 0.3) is 0 Å². The van der Waals surface area contributed by atoms with Gasteiger partial charge in [-0.05, 0) is 19.9 Å². The summed E-state index contributed by atoms with van der Waals surface area (Å²) in [4.78, 5) is 24.7. The van der Waals surface area contributed by atoms with Gasteiger partial charge in [0, 0.05) is 26.1 Å². The maximum Gasteiger partial charge on any atom is 0.225 e. The largest absolute Gasteiger partial charge is 0.356 e. The average molecular weight is 213 g/mol. The maximum atomic E-state index is 11.6. The third-order valence-corrected chi connectivity index (χ3v) is 2.65. The van der Waals surface area contributed by atoms with E-state index in [4.69, 9.17) is 5.73 Å². The summed E-state index contributed by atoms with van der Waals surface area (Å²) in [6.45, 7) is 4.35. The normalized spacial score (nSPS) is 20.8. The summed E-state index contributed by atoms with van der Waals surface area (Å²) in [5.74, 6) is -0.112. The van der Waals surface area contributed by atoms with Gasteiger partial charge in [0.05, 0.1) is 5.92 Å². The van der Waals surface area contributed by atoms with Crippen molar-refractivity contribution < 1.29 is 9.59 Å². The highest BCUT2D eigenvalue weighted by Crippen LogP contribution is 2.17. The van der Waals surface area contributed by atoms with Crippen molar-refractivity contribution in [2.45, 2.75) is 19.8 Å². The zero-order chi connectivity index (χ0) is 11.3. The van der Waals surface area contributed by atoms with E-state index in [1.807, 2.05) is 6.92 Å². The number of hydrogen-bond acceptors (Lipinski definition) is 3. The standard InChI is InChI=1S/C10H19N3O2/c1-2-13-7-8(6-9(13)14)10(15)12-5-3-4-11/h8H,2-7,11H2,1H3,(H,12,15). The number of amides is 2. The van der Waals surface area contributed by atoms with Crippen LogP contribution < -0.4 is 11.1 Å². The number of likely N-dealkylation sites (tertiary alicyclic amines) is 1. The average Bonchev–Trinajstić information content (AvgIpc) is 2.60. The Kier molecular flexibility index (Phi) is 4.55. The van der Waals surface area contributed by atoms with Crippen molar-refractivity contribution in [3.05, 3.63) is 0 Å². The molecule has 1 saturated heterocycles. The molecule has 5 nitrogen and oxygen atoms in total. The van der Waals surface area contributed by atoms with Crippen LogP contribution in [0.2, 0.25) is 0 Å². The van der Waals surface area contributed by atoms with Gasteiger partial charge in [0.2, 0.25) is 11.8 Å². The lowest BCUT2D eigenvalue weighted by Gasteiger charge is -2.13. The number of rotatable bonds is 5. The molecule has 0 aromatic rings. The van der Waals surface area contributed by atoms with Crippen molar-refractivity contribution in [3.63, 3.8) is 0 Å². The number of nitrogens with two attached hydrogens (primary N) is 1. The van der Waals surface area contributed by atoms with Crippen LogP contribution in [0, 0.1) is 5.92 Å². The number of nitrogens with zero attached hydrogens (tertiary/aromatic N) is 1. The fourth-order valence-corrected chi connectivity index (χ4v) is 1.71. The van der Waals surface area contributed by atoms with Gasteiger partial charge in [-0.15, -0.1) is 0 Å². The lowest BCUT2D eigenvalue weighted by atomic mass is 10.1. The van der Waals surface area contributed by atoms with Crippen LogP contribution in [0.5, 0.6) is 0 Å². The third kappa shape index (κ3) is 3.20. The lowest BCUT2D eigenvalue weighted by molar-refractivity contribution is -0.128. The van der Waals surface area contributed by atoms with E-state index in [1.54, 1.807) is 4.90 Å². The summed E-state index contributed by atoms with van der Waals surface area (Å²) in [6, 6.07) is 0. The van der Waals surface area contributed by atoms with Gasteiger partial charge in [0.15, 0.2) is 0 Å².